The number of rotatable bonds is 3. The highest BCUT2D eigenvalue weighted by molar-refractivity contribution is 5.51. The summed E-state index contributed by atoms with van der Waals surface area (Å²) in [4.78, 5) is 11.8. The highest BCUT2D eigenvalue weighted by atomic mass is 19.4. The molecule has 0 saturated carbocycles. The van der Waals surface area contributed by atoms with Crippen LogP contribution in [-0.2, 0) is 12.7 Å². The molecule has 1 aromatic heterocycles. The Morgan fingerprint density at radius 1 is 1.04 bits per heavy atom. The highest BCUT2D eigenvalue weighted by Gasteiger charge is 2.33. The Morgan fingerprint density at radius 2 is 1.71 bits per heavy atom. The van der Waals surface area contributed by atoms with Crippen molar-refractivity contribution in [3.63, 3.8) is 0 Å². The minimum absolute atomic E-state index is 0.0931. The van der Waals surface area contributed by atoms with Gasteiger partial charge in [-0.3, -0.25) is 0 Å². The summed E-state index contributed by atoms with van der Waals surface area (Å²) >= 11 is 0. The predicted octanol–water partition coefficient (Wildman–Crippen LogP) is 3.71. The minimum atomic E-state index is -4.54. The van der Waals surface area contributed by atoms with Gasteiger partial charge in [-0.05, 0) is 35.9 Å². The van der Waals surface area contributed by atoms with E-state index in [9.17, 15) is 22.4 Å². The van der Waals surface area contributed by atoms with E-state index in [1.165, 1.54) is 30.3 Å². The van der Waals surface area contributed by atoms with Gasteiger partial charge in [-0.2, -0.15) is 17.9 Å². The normalized spacial score (nSPS) is 11.7. The van der Waals surface area contributed by atoms with Crippen LogP contribution in [0.2, 0.25) is 0 Å². The largest absolute Gasteiger partial charge is 0.437 e. The second kappa shape index (κ2) is 5.95. The molecule has 0 unspecified atom stereocenters. The fourth-order valence-electron chi connectivity index (χ4n) is 2.21. The standard InChI is InChI=1S/C16H10F4N2O2/c17-12-7-5-10(6-8-12)14-21-22(15(23)24-14)9-11-3-1-2-4-13(11)16(18,19)20/h1-8H,9H2. The van der Waals surface area contributed by atoms with Gasteiger partial charge in [0.25, 0.3) is 0 Å². The minimum Gasteiger partial charge on any atom is -0.388 e. The summed E-state index contributed by atoms with van der Waals surface area (Å²) in [5, 5.41) is 3.88. The molecular weight excluding hydrogens is 328 g/mol. The summed E-state index contributed by atoms with van der Waals surface area (Å²) in [5.74, 6) is -1.46. The van der Waals surface area contributed by atoms with Gasteiger partial charge in [0, 0.05) is 5.56 Å². The molecule has 1 heterocycles. The smallest absolute Gasteiger partial charge is 0.388 e. The summed E-state index contributed by atoms with van der Waals surface area (Å²) in [7, 11) is 0. The third-order valence-electron chi connectivity index (χ3n) is 3.34. The molecule has 0 aliphatic carbocycles. The topological polar surface area (TPSA) is 48.0 Å². The van der Waals surface area contributed by atoms with E-state index in [2.05, 4.69) is 5.10 Å². The van der Waals surface area contributed by atoms with Crippen LogP contribution in [0.5, 0.6) is 0 Å². The maximum absolute atomic E-state index is 13.0. The highest BCUT2D eigenvalue weighted by Crippen LogP contribution is 2.32. The molecule has 0 bridgehead atoms. The molecule has 3 aromatic rings. The Bertz CT molecular complexity index is 911. The Morgan fingerprint density at radius 3 is 2.38 bits per heavy atom. The molecule has 124 valence electrons. The van der Waals surface area contributed by atoms with Crippen molar-refractivity contribution in [2.75, 3.05) is 0 Å². The SMILES string of the molecule is O=c1oc(-c2ccc(F)cc2)nn1Cc1ccccc1C(F)(F)F. The molecule has 0 atom stereocenters. The first-order valence-corrected chi connectivity index (χ1v) is 6.83. The monoisotopic (exact) mass is 338 g/mol. The number of aromatic nitrogens is 2. The van der Waals surface area contributed by atoms with Gasteiger partial charge < -0.3 is 4.42 Å². The molecule has 0 aliphatic rings. The summed E-state index contributed by atoms with van der Waals surface area (Å²) in [6, 6.07) is 9.94. The van der Waals surface area contributed by atoms with Crippen molar-refractivity contribution in [2.24, 2.45) is 0 Å². The summed E-state index contributed by atoms with van der Waals surface area (Å²) in [6.45, 7) is -0.390. The van der Waals surface area contributed by atoms with E-state index in [0.29, 0.717) is 5.56 Å². The maximum atomic E-state index is 13.0. The molecule has 0 radical (unpaired) electrons. The zero-order chi connectivity index (χ0) is 17.3. The molecule has 4 nitrogen and oxygen atoms in total. The van der Waals surface area contributed by atoms with Crippen LogP contribution in [-0.4, -0.2) is 9.78 Å². The fourth-order valence-corrected chi connectivity index (χ4v) is 2.21. The Kier molecular flexibility index (Phi) is 3.96. The van der Waals surface area contributed by atoms with Crippen molar-refractivity contribution in [1.82, 2.24) is 9.78 Å². The van der Waals surface area contributed by atoms with E-state index < -0.39 is 23.3 Å². The quantitative estimate of drug-likeness (QED) is 0.684. The molecule has 8 heteroatoms. The number of hydrogen-bond acceptors (Lipinski definition) is 3. The average Bonchev–Trinajstić information content (AvgIpc) is 2.88. The van der Waals surface area contributed by atoms with Crippen LogP contribution in [0.3, 0.4) is 0 Å². The molecular formula is C16H10F4N2O2. The lowest BCUT2D eigenvalue weighted by Crippen LogP contribution is -2.19. The van der Waals surface area contributed by atoms with Gasteiger partial charge in [0.15, 0.2) is 0 Å². The zero-order valence-electron chi connectivity index (χ0n) is 12.0. The van der Waals surface area contributed by atoms with Crippen LogP contribution in [0.15, 0.2) is 57.7 Å². The van der Waals surface area contributed by atoms with E-state index in [-0.39, 0.29) is 18.0 Å². The van der Waals surface area contributed by atoms with Gasteiger partial charge in [-0.1, -0.05) is 18.2 Å². The molecule has 0 spiro atoms. The molecule has 0 N–H and O–H groups in total. The summed E-state index contributed by atoms with van der Waals surface area (Å²) in [5.41, 5.74) is -0.606. The van der Waals surface area contributed by atoms with Crippen molar-refractivity contribution in [1.29, 1.82) is 0 Å². The zero-order valence-corrected chi connectivity index (χ0v) is 12.0. The fraction of sp³-hybridized carbons (Fsp3) is 0.125. The van der Waals surface area contributed by atoms with Crippen LogP contribution in [0.4, 0.5) is 17.6 Å². The Labute approximate surface area is 133 Å². The van der Waals surface area contributed by atoms with Crippen LogP contribution in [0, 0.1) is 5.82 Å². The molecule has 0 saturated heterocycles. The Balaban J connectivity index is 1.95. The lowest BCUT2D eigenvalue weighted by atomic mass is 10.1. The van der Waals surface area contributed by atoms with Gasteiger partial charge in [0.2, 0.25) is 5.89 Å². The van der Waals surface area contributed by atoms with E-state index in [4.69, 9.17) is 4.42 Å². The van der Waals surface area contributed by atoms with E-state index in [1.807, 2.05) is 0 Å². The lowest BCUT2D eigenvalue weighted by molar-refractivity contribution is -0.138. The average molecular weight is 338 g/mol. The molecule has 3 rings (SSSR count). The number of nitrogens with zero attached hydrogens (tertiary/aromatic N) is 2. The first kappa shape index (κ1) is 16.0. The number of benzene rings is 2. The first-order chi connectivity index (χ1) is 11.3. The second-order valence-corrected chi connectivity index (χ2v) is 4.99. The third kappa shape index (κ3) is 3.22. The summed E-state index contributed by atoms with van der Waals surface area (Å²) < 4.78 is 57.6. The van der Waals surface area contributed by atoms with Crippen molar-refractivity contribution in [3.8, 4) is 11.5 Å². The van der Waals surface area contributed by atoms with Gasteiger partial charge in [0.05, 0.1) is 12.1 Å². The molecule has 0 amide bonds. The third-order valence-corrected chi connectivity index (χ3v) is 3.34. The molecule has 0 aliphatic heterocycles. The van der Waals surface area contributed by atoms with Crippen LogP contribution in [0.25, 0.3) is 11.5 Å². The van der Waals surface area contributed by atoms with Crippen molar-refractivity contribution in [2.45, 2.75) is 12.7 Å². The molecule has 2 aromatic carbocycles. The van der Waals surface area contributed by atoms with Crippen molar-refractivity contribution >= 4 is 0 Å². The van der Waals surface area contributed by atoms with Gasteiger partial charge in [-0.15, -0.1) is 5.10 Å². The van der Waals surface area contributed by atoms with Crippen molar-refractivity contribution in [3.05, 3.63) is 76.0 Å². The van der Waals surface area contributed by atoms with Crippen LogP contribution >= 0.6 is 0 Å². The summed E-state index contributed by atoms with van der Waals surface area (Å²) in [6.07, 6.45) is -4.54. The van der Waals surface area contributed by atoms with Crippen LogP contribution in [0.1, 0.15) is 11.1 Å². The predicted molar refractivity (Wildman–Crippen MR) is 76.7 cm³/mol. The second-order valence-electron chi connectivity index (χ2n) is 4.99. The Hall–Kier alpha value is -2.90. The van der Waals surface area contributed by atoms with E-state index >= 15 is 0 Å². The lowest BCUT2D eigenvalue weighted by Gasteiger charge is -2.11. The van der Waals surface area contributed by atoms with Gasteiger partial charge in [0.1, 0.15) is 5.82 Å². The molecule has 24 heavy (non-hydrogen) atoms. The number of halogens is 4. The number of hydrogen-bond donors (Lipinski definition) is 0. The number of alkyl halides is 3. The van der Waals surface area contributed by atoms with E-state index in [1.54, 1.807) is 0 Å². The van der Waals surface area contributed by atoms with Gasteiger partial charge in [-0.25, -0.2) is 9.18 Å². The first-order valence-electron chi connectivity index (χ1n) is 6.83. The maximum Gasteiger partial charge on any atom is 0.437 e. The van der Waals surface area contributed by atoms with Crippen molar-refractivity contribution < 1.29 is 22.0 Å². The van der Waals surface area contributed by atoms with E-state index in [0.717, 1.165) is 22.9 Å². The van der Waals surface area contributed by atoms with Crippen LogP contribution < -0.4 is 5.76 Å². The molecule has 0 fully saturated rings. The van der Waals surface area contributed by atoms with Gasteiger partial charge >= 0.3 is 11.9 Å².